The molecule has 0 fully saturated rings. The average Bonchev–Trinajstić information content (AvgIpc) is 1.27. The zero-order valence-electron chi connectivity index (χ0n) is 3.92. The average molecular weight is 102 g/mol. The number of aliphatic carboxylic acids is 1. The quantitative estimate of drug-likeness (QED) is 0.499. The molecule has 0 aliphatic rings. The molecule has 0 saturated heterocycles. The SMILES string of the molecule is [CH2][C@H](N)CC(=O)O. The van der Waals surface area contributed by atoms with Crippen LogP contribution in [0.15, 0.2) is 0 Å². The number of carboxylic acid groups (broad SMARTS) is 1. The number of hydrogen-bond donors (Lipinski definition) is 2. The molecule has 0 unspecified atom stereocenters. The van der Waals surface area contributed by atoms with Gasteiger partial charge in [0.25, 0.3) is 0 Å². The van der Waals surface area contributed by atoms with E-state index in [1.165, 1.54) is 0 Å². The van der Waals surface area contributed by atoms with Gasteiger partial charge in [0.2, 0.25) is 0 Å². The Morgan fingerprint density at radius 1 is 2.00 bits per heavy atom. The van der Waals surface area contributed by atoms with Crippen LogP contribution in [0.1, 0.15) is 6.42 Å². The monoisotopic (exact) mass is 102 g/mol. The Kier molecular flexibility index (Phi) is 2.37. The highest BCUT2D eigenvalue weighted by molar-refractivity contribution is 5.67. The van der Waals surface area contributed by atoms with E-state index in [0.29, 0.717) is 0 Å². The standard InChI is InChI=1S/C4H8NO2/c1-3(5)2-4(6)7/h3H,1-2,5H2,(H,6,7)/t3-/m0/s1. The van der Waals surface area contributed by atoms with E-state index in [0.717, 1.165) is 0 Å². The summed E-state index contributed by atoms with van der Waals surface area (Å²) in [6, 6.07) is -0.475. The largest absolute Gasteiger partial charge is 0.481 e. The van der Waals surface area contributed by atoms with Gasteiger partial charge in [0.1, 0.15) is 0 Å². The summed E-state index contributed by atoms with van der Waals surface area (Å²) in [5, 5.41) is 7.96. The van der Waals surface area contributed by atoms with Gasteiger partial charge < -0.3 is 10.8 Å². The lowest BCUT2D eigenvalue weighted by atomic mass is 10.3. The second kappa shape index (κ2) is 2.58. The minimum absolute atomic E-state index is 0.0556. The maximum absolute atomic E-state index is 9.69. The fourth-order valence-electron chi connectivity index (χ4n) is 0.224. The molecule has 0 aliphatic heterocycles. The molecule has 0 spiro atoms. The molecule has 1 radical (unpaired) electrons. The Hall–Kier alpha value is -0.570. The fourth-order valence-corrected chi connectivity index (χ4v) is 0.224. The molecule has 0 bridgehead atoms. The van der Waals surface area contributed by atoms with Crippen molar-refractivity contribution in [2.24, 2.45) is 5.73 Å². The molecule has 1 atom stereocenters. The van der Waals surface area contributed by atoms with Crippen molar-refractivity contribution in [3.8, 4) is 0 Å². The molecule has 3 nitrogen and oxygen atoms in total. The van der Waals surface area contributed by atoms with E-state index < -0.39 is 12.0 Å². The molecule has 3 N–H and O–H groups in total. The molecule has 0 aromatic heterocycles. The van der Waals surface area contributed by atoms with Crippen LogP contribution in [-0.2, 0) is 4.79 Å². The smallest absolute Gasteiger partial charge is 0.304 e. The van der Waals surface area contributed by atoms with Crippen molar-refractivity contribution in [1.82, 2.24) is 0 Å². The number of rotatable bonds is 2. The third-order valence-corrected chi connectivity index (χ3v) is 0.437. The van der Waals surface area contributed by atoms with Crippen LogP contribution < -0.4 is 5.73 Å². The number of nitrogens with two attached hydrogens (primary N) is 1. The lowest BCUT2D eigenvalue weighted by Gasteiger charge is -1.94. The third-order valence-electron chi connectivity index (χ3n) is 0.437. The minimum atomic E-state index is -0.900. The first-order chi connectivity index (χ1) is 3.13. The summed E-state index contributed by atoms with van der Waals surface area (Å²) in [5.74, 6) is -0.900. The molecule has 0 aliphatic carbocycles. The Morgan fingerprint density at radius 2 is 2.43 bits per heavy atom. The van der Waals surface area contributed by atoms with E-state index in [2.05, 4.69) is 6.92 Å². The molecule has 0 rings (SSSR count). The summed E-state index contributed by atoms with van der Waals surface area (Å²) in [4.78, 5) is 9.69. The van der Waals surface area contributed by atoms with E-state index in [1.54, 1.807) is 0 Å². The Balaban J connectivity index is 3.13. The number of hydrogen-bond acceptors (Lipinski definition) is 2. The molecule has 7 heavy (non-hydrogen) atoms. The van der Waals surface area contributed by atoms with E-state index in [9.17, 15) is 4.79 Å². The summed E-state index contributed by atoms with van der Waals surface area (Å²) < 4.78 is 0. The van der Waals surface area contributed by atoms with Crippen LogP contribution in [0.5, 0.6) is 0 Å². The van der Waals surface area contributed by atoms with Gasteiger partial charge >= 0.3 is 5.97 Å². The Morgan fingerprint density at radius 3 is 2.43 bits per heavy atom. The van der Waals surface area contributed by atoms with Crippen molar-refractivity contribution >= 4 is 5.97 Å². The summed E-state index contributed by atoms with van der Waals surface area (Å²) in [6.07, 6.45) is -0.0556. The van der Waals surface area contributed by atoms with Gasteiger partial charge in [-0.25, -0.2) is 0 Å². The maximum Gasteiger partial charge on any atom is 0.304 e. The highest BCUT2D eigenvalue weighted by atomic mass is 16.4. The van der Waals surface area contributed by atoms with Crippen molar-refractivity contribution in [2.75, 3.05) is 0 Å². The second-order valence-electron chi connectivity index (χ2n) is 1.36. The minimum Gasteiger partial charge on any atom is -0.481 e. The third kappa shape index (κ3) is 5.43. The number of carboxylic acids is 1. The number of carbonyl (C=O) groups is 1. The molecule has 41 valence electrons. The summed E-state index contributed by atoms with van der Waals surface area (Å²) in [7, 11) is 0. The lowest BCUT2D eigenvalue weighted by molar-refractivity contribution is -0.137. The van der Waals surface area contributed by atoms with E-state index in [-0.39, 0.29) is 6.42 Å². The maximum atomic E-state index is 9.69. The summed E-state index contributed by atoms with van der Waals surface area (Å²) >= 11 is 0. The van der Waals surface area contributed by atoms with Crippen molar-refractivity contribution in [1.29, 1.82) is 0 Å². The summed E-state index contributed by atoms with van der Waals surface area (Å²) in [6.45, 7) is 3.28. The van der Waals surface area contributed by atoms with Crippen molar-refractivity contribution < 1.29 is 9.90 Å². The van der Waals surface area contributed by atoms with E-state index in [1.807, 2.05) is 0 Å². The molecule has 3 heteroatoms. The van der Waals surface area contributed by atoms with Crippen molar-refractivity contribution in [2.45, 2.75) is 12.5 Å². The predicted octanol–water partition coefficient (Wildman–Crippen LogP) is -0.378. The fraction of sp³-hybridized carbons (Fsp3) is 0.500. The first-order valence-electron chi connectivity index (χ1n) is 1.93. The van der Waals surface area contributed by atoms with Gasteiger partial charge in [0.05, 0.1) is 6.42 Å². The van der Waals surface area contributed by atoms with Crippen LogP contribution in [-0.4, -0.2) is 17.1 Å². The first kappa shape index (κ1) is 6.43. The second-order valence-corrected chi connectivity index (χ2v) is 1.36. The molecular weight excluding hydrogens is 94.0 g/mol. The van der Waals surface area contributed by atoms with Gasteiger partial charge in [-0.05, 0) is 6.92 Å². The van der Waals surface area contributed by atoms with Crippen LogP contribution in [0.4, 0.5) is 0 Å². The highest BCUT2D eigenvalue weighted by Crippen LogP contribution is 1.81. The van der Waals surface area contributed by atoms with Gasteiger partial charge in [-0.1, -0.05) is 0 Å². The van der Waals surface area contributed by atoms with Gasteiger partial charge in [-0.3, -0.25) is 4.79 Å². The lowest BCUT2D eigenvalue weighted by Crippen LogP contribution is -2.19. The Labute approximate surface area is 42.1 Å². The topological polar surface area (TPSA) is 63.3 Å². The van der Waals surface area contributed by atoms with Crippen LogP contribution in [0.25, 0.3) is 0 Å². The van der Waals surface area contributed by atoms with Gasteiger partial charge in [-0.15, -0.1) is 0 Å². The summed E-state index contributed by atoms with van der Waals surface area (Å²) in [5.41, 5.74) is 5.00. The molecule has 0 saturated carbocycles. The molecule has 0 amide bonds. The van der Waals surface area contributed by atoms with E-state index in [4.69, 9.17) is 10.8 Å². The first-order valence-corrected chi connectivity index (χ1v) is 1.93. The van der Waals surface area contributed by atoms with Gasteiger partial charge in [-0.2, -0.15) is 0 Å². The van der Waals surface area contributed by atoms with Crippen LogP contribution >= 0.6 is 0 Å². The van der Waals surface area contributed by atoms with Crippen molar-refractivity contribution in [3.63, 3.8) is 0 Å². The molecule has 0 heterocycles. The van der Waals surface area contributed by atoms with Gasteiger partial charge in [0, 0.05) is 6.04 Å². The zero-order chi connectivity index (χ0) is 5.86. The van der Waals surface area contributed by atoms with Gasteiger partial charge in [0.15, 0.2) is 0 Å². The molecular formula is C4H8NO2. The van der Waals surface area contributed by atoms with Crippen molar-refractivity contribution in [3.05, 3.63) is 6.92 Å². The zero-order valence-corrected chi connectivity index (χ0v) is 3.92. The van der Waals surface area contributed by atoms with Crippen LogP contribution in [0, 0.1) is 6.92 Å². The Bertz CT molecular complexity index is 70.1. The van der Waals surface area contributed by atoms with Crippen LogP contribution in [0.3, 0.4) is 0 Å². The van der Waals surface area contributed by atoms with E-state index >= 15 is 0 Å². The van der Waals surface area contributed by atoms with Crippen LogP contribution in [0.2, 0.25) is 0 Å². The normalized spacial score (nSPS) is 13.4. The molecule has 0 aromatic carbocycles. The predicted molar refractivity (Wildman–Crippen MR) is 25.6 cm³/mol. The highest BCUT2D eigenvalue weighted by Gasteiger charge is 1.98. The molecule has 0 aromatic rings.